The van der Waals surface area contributed by atoms with Crippen molar-refractivity contribution in [1.82, 2.24) is 9.97 Å². The summed E-state index contributed by atoms with van der Waals surface area (Å²) < 4.78 is 0. The second-order valence-corrected chi connectivity index (χ2v) is 18.9. The molecule has 15 rings (SSSR count). The lowest BCUT2D eigenvalue weighted by Crippen LogP contribution is -2.65. The molecule has 9 aromatic carbocycles. The monoisotopic (exact) mass is 916 g/mol. The van der Waals surface area contributed by atoms with Crippen LogP contribution in [-0.2, 0) is 0 Å². The van der Waals surface area contributed by atoms with E-state index >= 15 is 0 Å². The fraction of sp³-hybridized carbons (Fsp3) is 0. The largest absolute Gasteiger partial charge is 0.311 e. The number of para-hydroxylation sites is 6. The van der Waals surface area contributed by atoms with Gasteiger partial charge in [0.2, 0.25) is 0 Å². The van der Waals surface area contributed by atoms with Gasteiger partial charge in [0.1, 0.15) is 11.6 Å². The van der Waals surface area contributed by atoms with Crippen molar-refractivity contribution in [3.8, 4) is 22.5 Å². The highest BCUT2D eigenvalue weighted by atomic mass is 15.2. The molecular formula is C64H42B2N6. The minimum Gasteiger partial charge on any atom is -0.311 e. The molecule has 72 heavy (non-hydrogen) atoms. The summed E-state index contributed by atoms with van der Waals surface area (Å²) in [6.45, 7) is -0.291. The summed E-state index contributed by atoms with van der Waals surface area (Å²) in [4.78, 5) is 21.3. The van der Waals surface area contributed by atoms with Gasteiger partial charge in [-0.05, 0) is 112 Å². The molecule has 0 aliphatic carbocycles. The van der Waals surface area contributed by atoms with Crippen molar-refractivity contribution >= 4 is 115 Å². The van der Waals surface area contributed by atoms with Crippen LogP contribution in [-0.4, -0.2) is 23.4 Å². The lowest BCUT2D eigenvalue weighted by atomic mass is 9.30. The number of fused-ring (bicyclic) bond motifs is 8. The number of pyridine rings is 2. The molecule has 0 amide bonds. The lowest BCUT2D eigenvalue weighted by Gasteiger charge is -2.46. The summed E-state index contributed by atoms with van der Waals surface area (Å²) in [5.41, 5.74) is 22.3. The van der Waals surface area contributed by atoms with Gasteiger partial charge < -0.3 is 9.80 Å². The van der Waals surface area contributed by atoms with Gasteiger partial charge in [0.05, 0.1) is 11.4 Å². The standard InChI is InChI=1S/C64H42B2N6/c1-7-23-43(24-8-1)53-40-59-61-64(68-53)72(48-33-17-6-18-34-48)58-42-57-51(39-52(58)65(61)49-35-19-21-37-55(49)69(59)45-27-11-3-12-28-45)66-50-36-20-22-38-56(50)71(47-31-15-5-16-32-47)63-62(66)60(70(57)46-29-13-4-14-30-46)41-54(67-63)44-25-9-2-10-26-44/h1-42H. The average molecular weight is 917 g/mol. The highest BCUT2D eigenvalue weighted by molar-refractivity contribution is 7.03. The van der Waals surface area contributed by atoms with Crippen LogP contribution in [0.5, 0.6) is 0 Å². The normalized spacial score (nSPS) is 13.4. The molecule has 2 aromatic heterocycles. The van der Waals surface area contributed by atoms with Gasteiger partial charge in [-0.25, -0.2) is 9.97 Å². The molecule has 0 atom stereocenters. The van der Waals surface area contributed by atoms with Gasteiger partial charge in [0.25, 0.3) is 13.4 Å². The Bertz CT molecular complexity index is 3650. The number of benzene rings is 9. The van der Waals surface area contributed by atoms with Crippen LogP contribution in [0.3, 0.4) is 0 Å². The molecule has 8 heteroatoms. The quantitative estimate of drug-likeness (QED) is 0.155. The molecule has 0 radical (unpaired) electrons. The van der Waals surface area contributed by atoms with Crippen molar-refractivity contribution in [2.24, 2.45) is 0 Å². The molecule has 11 aromatic rings. The third kappa shape index (κ3) is 6.05. The molecule has 0 N–H and O–H groups in total. The van der Waals surface area contributed by atoms with Crippen molar-refractivity contribution in [3.63, 3.8) is 0 Å². The maximum absolute atomic E-state index is 5.80. The van der Waals surface area contributed by atoms with Crippen molar-refractivity contribution in [1.29, 1.82) is 0 Å². The molecule has 334 valence electrons. The van der Waals surface area contributed by atoms with E-state index in [1.807, 2.05) is 0 Å². The zero-order valence-corrected chi connectivity index (χ0v) is 39.1. The van der Waals surface area contributed by atoms with E-state index in [9.17, 15) is 0 Å². The van der Waals surface area contributed by atoms with Crippen molar-refractivity contribution < 1.29 is 0 Å². The van der Waals surface area contributed by atoms with Crippen LogP contribution in [0.25, 0.3) is 22.5 Å². The van der Waals surface area contributed by atoms with E-state index in [0.29, 0.717) is 0 Å². The predicted molar refractivity (Wildman–Crippen MR) is 301 cm³/mol. The lowest BCUT2D eigenvalue weighted by molar-refractivity contribution is 1.16. The molecule has 4 aliphatic rings. The summed E-state index contributed by atoms with van der Waals surface area (Å²) in [6.07, 6.45) is 0. The van der Waals surface area contributed by atoms with Gasteiger partial charge in [-0.2, -0.15) is 0 Å². The first kappa shape index (κ1) is 40.5. The van der Waals surface area contributed by atoms with E-state index in [-0.39, 0.29) is 13.4 Å². The summed E-state index contributed by atoms with van der Waals surface area (Å²) in [6, 6.07) is 92.2. The van der Waals surface area contributed by atoms with E-state index < -0.39 is 0 Å². The zero-order chi connectivity index (χ0) is 47.3. The summed E-state index contributed by atoms with van der Waals surface area (Å²) >= 11 is 0. The van der Waals surface area contributed by atoms with E-state index in [1.54, 1.807) is 0 Å². The Hall–Kier alpha value is -9.39. The van der Waals surface area contributed by atoms with Crippen LogP contribution >= 0.6 is 0 Å². The molecule has 0 spiro atoms. The fourth-order valence-corrected chi connectivity index (χ4v) is 12.0. The maximum atomic E-state index is 5.80. The molecule has 0 fully saturated rings. The Morgan fingerprint density at radius 1 is 0.250 bits per heavy atom. The van der Waals surface area contributed by atoms with Gasteiger partial charge >= 0.3 is 0 Å². The topological polar surface area (TPSA) is 38.7 Å². The van der Waals surface area contributed by atoms with Crippen LogP contribution in [0.4, 0.5) is 68.5 Å². The molecule has 6 heterocycles. The van der Waals surface area contributed by atoms with Crippen molar-refractivity contribution in [2.75, 3.05) is 19.6 Å². The fourth-order valence-electron chi connectivity index (χ4n) is 12.0. The number of rotatable bonds is 6. The molecule has 0 bridgehead atoms. The highest BCUT2D eigenvalue weighted by Gasteiger charge is 2.49. The Morgan fingerprint density at radius 3 is 1.00 bits per heavy atom. The second kappa shape index (κ2) is 16.1. The number of hydrogen-bond donors (Lipinski definition) is 0. The van der Waals surface area contributed by atoms with Crippen LogP contribution in [0.15, 0.2) is 255 Å². The summed E-state index contributed by atoms with van der Waals surface area (Å²) in [5, 5.41) is 0. The smallest absolute Gasteiger partial charge is 0.254 e. The van der Waals surface area contributed by atoms with Gasteiger partial charge in [0.15, 0.2) is 0 Å². The number of nitrogens with zero attached hydrogens (tertiary/aromatic N) is 6. The first-order valence-corrected chi connectivity index (χ1v) is 24.7. The number of anilines is 12. The van der Waals surface area contributed by atoms with Crippen LogP contribution in [0.1, 0.15) is 0 Å². The molecular weight excluding hydrogens is 874 g/mol. The van der Waals surface area contributed by atoms with E-state index in [2.05, 4.69) is 274 Å². The maximum Gasteiger partial charge on any atom is 0.254 e. The Kier molecular flexibility index (Phi) is 9.05. The molecule has 0 saturated heterocycles. The van der Waals surface area contributed by atoms with Crippen molar-refractivity contribution in [3.05, 3.63) is 255 Å². The Labute approximate surface area is 419 Å². The second-order valence-electron chi connectivity index (χ2n) is 18.9. The first-order chi connectivity index (χ1) is 35.8. The molecule has 0 unspecified atom stereocenters. The van der Waals surface area contributed by atoms with Crippen LogP contribution in [0, 0.1) is 0 Å². The minimum absolute atomic E-state index is 0.145. The van der Waals surface area contributed by atoms with Gasteiger partial charge in [0, 0.05) is 68.0 Å². The van der Waals surface area contributed by atoms with Crippen LogP contribution in [0.2, 0.25) is 0 Å². The molecule has 0 saturated carbocycles. The van der Waals surface area contributed by atoms with Gasteiger partial charge in [-0.15, -0.1) is 0 Å². The highest BCUT2D eigenvalue weighted by Crippen LogP contribution is 2.49. The van der Waals surface area contributed by atoms with E-state index in [0.717, 1.165) is 91.0 Å². The zero-order valence-electron chi connectivity index (χ0n) is 39.1. The average Bonchev–Trinajstić information content (AvgIpc) is 3.45. The molecule has 6 nitrogen and oxygen atoms in total. The summed E-state index contributed by atoms with van der Waals surface area (Å²) in [7, 11) is 0. The van der Waals surface area contributed by atoms with Gasteiger partial charge in [-0.1, -0.05) is 176 Å². The summed E-state index contributed by atoms with van der Waals surface area (Å²) in [5.74, 6) is 1.86. The van der Waals surface area contributed by atoms with E-state index in [4.69, 9.17) is 9.97 Å². The molecule has 4 aliphatic heterocycles. The minimum atomic E-state index is -0.145. The Morgan fingerprint density at radius 2 is 0.569 bits per heavy atom. The SMILES string of the molecule is c1ccc(-c2cc3c4c(n2)N(c2ccccc2)c2ccccc2B4c2cc4c(cc2N3c2ccccc2)N(c2ccccc2)c2nc(-c3ccccc3)cc3c2B4c2ccccc2N3c2ccccc2)cc1. The van der Waals surface area contributed by atoms with Gasteiger partial charge in [-0.3, -0.25) is 9.80 Å². The number of hydrogen-bond acceptors (Lipinski definition) is 6. The van der Waals surface area contributed by atoms with E-state index in [1.165, 1.54) is 32.8 Å². The predicted octanol–water partition coefficient (Wildman–Crippen LogP) is 12.0. The third-order valence-corrected chi connectivity index (χ3v) is 15.0. The number of aromatic nitrogens is 2. The van der Waals surface area contributed by atoms with Crippen molar-refractivity contribution in [2.45, 2.75) is 0 Å². The Balaban J connectivity index is 1.08. The van der Waals surface area contributed by atoms with Crippen LogP contribution < -0.4 is 52.4 Å². The first-order valence-electron chi connectivity index (χ1n) is 24.7. The third-order valence-electron chi connectivity index (χ3n) is 15.0.